The van der Waals surface area contributed by atoms with Gasteiger partial charge in [0, 0.05) is 22.7 Å². The van der Waals surface area contributed by atoms with Crippen molar-refractivity contribution < 1.29 is 46.5 Å². The lowest BCUT2D eigenvalue weighted by molar-refractivity contribution is -0.265. The number of nitrogens with one attached hydrogen (secondary N) is 2. The number of carbonyl (C=O) groups excluding carboxylic acids is 2. The van der Waals surface area contributed by atoms with Gasteiger partial charge in [-0.25, -0.2) is 9.37 Å². The Morgan fingerprint density at radius 1 is 1.04 bits per heavy atom. The molecule has 3 aliphatic rings. The number of fused-ring (bicyclic) bond motifs is 1. The van der Waals surface area contributed by atoms with Crippen LogP contribution < -0.4 is 24.8 Å². The Hall–Kier alpha value is -4.39. The number of alkyl halides is 3. The zero-order valence-electron chi connectivity index (χ0n) is 25.9. The molecule has 0 radical (unpaired) electrons. The van der Waals surface area contributed by atoms with Gasteiger partial charge in [0.05, 0.1) is 25.5 Å². The summed E-state index contributed by atoms with van der Waals surface area (Å²) in [6.07, 6.45) is -0.0366. The SMILES string of the molecule is COc1cc(C(=O)NC[C@](O)(c2cc3c(c(-c4ccc(F)cc4)n2)OC[C@]3(C)C(=O)NC2CCCC2)C(F)(F)F)ccc1OC1CC1. The first-order valence-corrected chi connectivity index (χ1v) is 15.5. The Bertz CT molecular complexity index is 1670. The Morgan fingerprint density at radius 2 is 1.74 bits per heavy atom. The summed E-state index contributed by atoms with van der Waals surface area (Å²) < 4.78 is 75.4. The lowest BCUT2D eigenvalue weighted by atomic mass is 9.81. The number of benzene rings is 2. The van der Waals surface area contributed by atoms with Gasteiger partial charge in [0.2, 0.25) is 11.5 Å². The summed E-state index contributed by atoms with van der Waals surface area (Å²) >= 11 is 0. The molecular weight excluding hydrogens is 622 g/mol. The molecule has 3 aromatic rings. The molecule has 250 valence electrons. The maximum Gasteiger partial charge on any atom is 0.424 e. The number of rotatable bonds is 10. The van der Waals surface area contributed by atoms with Crippen LogP contribution in [0.25, 0.3) is 11.3 Å². The number of hydrogen-bond donors (Lipinski definition) is 3. The number of aliphatic hydroxyl groups is 1. The number of nitrogens with zero attached hydrogens (tertiary/aromatic N) is 1. The van der Waals surface area contributed by atoms with E-state index >= 15 is 0 Å². The van der Waals surface area contributed by atoms with Crippen molar-refractivity contribution in [2.24, 2.45) is 0 Å². The number of hydrogen-bond acceptors (Lipinski definition) is 7. The Labute approximate surface area is 268 Å². The molecule has 2 aromatic carbocycles. The van der Waals surface area contributed by atoms with Gasteiger partial charge in [-0.1, -0.05) is 12.8 Å². The van der Waals surface area contributed by atoms with E-state index in [0.717, 1.165) is 56.7 Å². The molecule has 47 heavy (non-hydrogen) atoms. The summed E-state index contributed by atoms with van der Waals surface area (Å²) in [7, 11) is 1.38. The molecule has 0 saturated heterocycles. The number of ether oxygens (including phenoxy) is 3. The van der Waals surface area contributed by atoms with Crippen LogP contribution in [-0.4, -0.2) is 60.5 Å². The van der Waals surface area contributed by atoms with E-state index < -0.39 is 47.1 Å². The van der Waals surface area contributed by atoms with E-state index in [2.05, 4.69) is 15.6 Å². The van der Waals surface area contributed by atoms with Crippen molar-refractivity contribution in [2.75, 3.05) is 20.3 Å². The zero-order chi connectivity index (χ0) is 33.6. The van der Waals surface area contributed by atoms with Gasteiger partial charge in [-0.05, 0) is 81.1 Å². The maximum absolute atomic E-state index is 14.9. The monoisotopic (exact) mass is 657 g/mol. The molecule has 2 atom stereocenters. The average Bonchev–Trinajstić information content (AvgIpc) is 3.59. The van der Waals surface area contributed by atoms with Gasteiger partial charge < -0.3 is 30.0 Å². The molecular formula is C34H35F4N3O6. The van der Waals surface area contributed by atoms with E-state index in [1.165, 1.54) is 37.4 Å². The summed E-state index contributed by atoms with van der Waals surface area (Å²) in [5, 5.41) is 16.6. The Morgan fingerprint density at radius 3 is 2.38 bits per heavy atom. The van der Waals surface area contributed by atoms with E-state index in [9.17, 15) is 32.3 Å². The number of amides is 2. The van der Waals surface area contributed by atoms with Gasteiger partial charge in [0.1, 0.15) is 29.3 Å². The topological polar surface area (TPSA) is 119 Å². The van der Waals surface area contributed by atoms with Crippen LogP contribution in [-0.2, 0) is 15.8 Å². The molecule has 0 unspecified atom stereocenters. The van der Waals surface area contributed by atoms with Crippen molar-refractivity contribution in [3.05, 3.63) is 71.2 Å². The minimum Gasteiger partial charge on any atom is -0.493 e. The van der Waals surface area contributed by atoms with Gasteiger partial charge in [-0.3, -0.25) is 9.59 Å². The van der Waals surface area contributed by atoms with Crippen LogP contribution in [0.5, 0.6) is 17.2 Å². The van der Waals surface area contributed by atoms with E-state index in [4.69, 9.17) is 14.2 Å². The van der Waals surface area contributed by atoms with Crippen molar-refractivity contribution in [1.82, 2.24) is 15.6 Å². The molecule has 2 aliphatic carbocycles. The van der Waals surface area contributed by atoms with Crippen LogP contribution in [0.1, 0.15) is 67.1 Å². The highest BCUT2D eigenvalue weighted by Gasteiger charge is 2.58. The first-order valence-electron chi connectivity index (χ1n) is 15.5. The minimum atomic E-state index is -5.33. The highest BCUT2D eigenvalue weighted by molar-refractivity contribution is 5.95. The molecule has 2 amide bonds. The summed E-state index contributed by atoms with van der Waals surface area (Å²) in [5.41, 5.74) is -5.83. The number of carbonyl (C=O) groups is 2. The summed E-state index contributed by atoms with van der Waals surface area (Å²) in [6.45, 7) is 0.0574. The third-order valence-electron chi connectivity index (χ3n) is 9.02. The molecule has 6 rings (SSSR count). The Balaban J connectivity index is 1.36. The fourth-order valence-corrected chi connectivity index (χ4v) is 5.92. The predicted octanol–water partition coefficient (Wildman–Crippen LogP) is 5.33. The molecule has 2 fully saturated rings. The first kappa shape index (κ1) is 32.5. The summed E-state index contributed by atoms with van der Waals surface area (Å²) in [4.78, 5) is 30.9. The van der Waals surface area contributed by atoms with Crippen LogP contribution in [0.2, 0.25) is 0 Å². The van der Waals surface area contributed by atoms with Crippen molar-refractivity contribution in [3.8, 4) is 28.5 Å². The third kappa shape index (κ3) is 6.32. The van der Waals surface area contributed by atoms with E-state index in [0.29, 0.717) is 5.75 Å². The zero-order valence-corrected chi connectivity index (χ0v) is 25.9. The lowest BCUT2D eigenvalue weighted by Gasteiger charge is -2.32. The Kier molecular flexibility index (Phi) is 8.54. The quantitative estimate of drug-likeness (QED) is 0.253. The second-order valence-corrected chi connectivity index (χ2v) is 12.5. The summed E-state index contributed by atoms with van der Waals surface area (Å²) in [5.74, 6) is -1.24. The van der Waals surface area contributed by atoms with Crippen molar-refractivity contribution >= 4 is 11.8 Å². The van der Waals surface area contributed by atoms with Crippen molar-refractivity contribution in [3.63, 3.8) is 0 Å². The normalized spacial score (nSPS) is 20.6. The van der Waals surface area contributed by atoms with Crippen molar-refractivity contribution in [2.45, 2.75) is 74.8 Å². The van der Waals surface area contributed by atoms with E-state index in [-0.39, 0.29) is 52.6 Å². The molecule has 9 nitrogen and oxygen atoms in total. The smallest absolute Gasteiger partial charge is 0.424 e. The minimum absolute atomic E-state index is 0.0204. The standard InChI is InChI=1S/C34H35F4N3O6/c1-32(31(43)40-22-5-3-4-6-22)18-46-29-24(32)16-27(41-28(29)19-7-10-21(35)11-8-19)33(44,34(36,37)38)17-39-30(42)20-9-14-25(26(15-20)45-2)47-23-12-13-23/h7-11,14-16,22-23,44H,3-6,12-13,17-18H2,1-2H3,(H,39,42)(H,40,43)/t32-,33-/m0/s1. The second kappa shape index (κ2) is 12.3. The number of methoxy groups -OCH3 is 1. The fourth-order valence-electron chi connectivity index (χ4n) is 5.92. The van der Waals surface area contributed by atoms with Crippen molar-refractivity contribution in [1.29, 1.82) is 0 Å². The molecule has 2 saturated carbocycles. The van der Waals surface area contributed by atoms with Gasteiger partial charge in [-0.15, -0.1) is 0 Å². The molecule has 13 heteroatoms. The molecule has 1 aromatic heterocycles. The molecule has 0 bridgehead atoms. The van der Waals surface area contributed by atoms with Gasteiger partial charge in [-0.2, -0.15) is 13.2 Å². The first-order chi connectivity index (χ1) is 22.3. The number of aromatic nitrogens is 1. The average molecular weight is 658 g/mol. The van der Waals surface area contributed by atoms with Crippen LogP contribution in [0, 0.1) is 5.82 Å². The van der Waals surface area contributed by atoms with E-state index in [1.54, 1.807) is 6.92 Å². The molecule has 3 N–H and O–H groups in total. The van der Waals surface area contributed by atoms with Crippen LogP contribution in [0.3, 0.4) is 0 Å². The predicted molar refractivity (Wildman–Crippen MR) is 162 cm³/mol. The van der Waals surface area contributed by atoms with E-state index in [1.807, 2.05) is 0 Å². The number of halogens is 4. The molecule has 1 aliphatic heterocycles. The highest BCUT2D eigenvalue weighted by Crippen LogP contribution is 2.48. The maximum atomic E-state index is 14.9. The van der Waals surface area contributed by atoms with Gasteiger partial charge >= 0.3 is 6.18 Å². The summed E-state index contributed by atoms with van der Waals surface area (Å²) in [6, 6.07) is 10.0. The van der Waals surface area contributed by atoms with Crippen LogP contribution in [0.4, 0.5) is 17.6 Å². The lowest BCUT2D eigenvalue weighted by Crippen LogP contribution is -2.52. The fraction of sp³-hybridized carbons (Fsp3) is 0.441. The highest BCUT2D eigenvalue weighted by atomic mass is 19.4. The third-order valence-corrected chi connectivity index (χ3v) is 9.02. The number of pyridine rings is 1. The molecule has 2 heterocycles. The van der Waals surface area contributed by atoms with Crippen LogP contribution >= 0.6 is 0 Å². The van der Waals surface area contributed by atoms with Crippen LogP contribution in [0.15, 0.2) is 48.5 Å². The van der Waals surface area contributed by atoms with Gasteiger partial charge in [0.25, 0.3) is 5.91 Å². The van der Waals surface area contributed by atoms with Gasteiger partial charge in [0.15, 0.2) is 11.5 Å². The second-order valence-electron chi connectivity index (χ2n) is 12.5. The molecule has 0 spiro atoms. The largest absolute Gasteiger partial charge is 0.493 e.